The minimum atomic E-state index is -1.08. The van der Waals surface area contributed by atoms with Crippen molar-refractivity contribution in [3.63, 3.8) is 0 Å². The number of amides is 1. The zero-order valence-electron chi connectivity index (χ0n) is 16.7. The minimum Gasteiger partial charge on any atom is -0.395 e. The maximum Gasteiger partial charge on any atom is 0.228 e. The van der Waals surface area contributed by atoms with Gasteiger partial charge in [0, 0.05) is 0 Å². The van der Waals surface area contributed by atoms with Gasteiger partial charge in [0.25, 0.3) is 0 Å². The van der Waals surface area contributed by atoms with Crippen LogP contribution in [0.15, 0.2) is 0 Å². The minimum absolute atomic E-state index is 0.0186. The number of ether oxygens (including phenoxy) is 3. The molecule has 0 aromatic heterocycles. The molecule has 0 fully saturated rings. The average molecular weight is 394 g/mol. The fraction of sp³-hybridized carbons (Fsp3) is 0.789. The predicted octanol–water partition coefficient (Wildman–Crippen LogP) is 1.04. The predicted molar refractivity (Wildman–Crippen MR) is 99.5 cm³/mol. The molecule has 156 valence electrons. The number of aliphatic hydroxyl groups excluding tert-OH is 1. The molecule has 0 aliphatic rings. The quantitative estimate of drug-likeness (QED) is 0.369. The number of rotatable bonds is 16. The van der Waals surface area contributed by atoms with Gasteiger partial charge in [0.2, 0.25) is 5.91 Å². The Bertz CT molecular complexity index is 517. The van der Waals surface area contributed by atoms with Crippen molar-refractivity contribution >= 4 is 5.91 Å². The van der Waals surface area contributed by atoms with Gasteiger partial charge >= 0.3 is 0 Å². The number of nitrogens with zero attached hydrogens (tertiary/aromatic N) is 3. The van der Waals surface area contributed by atoms with E-state index in [0.717, 1.165) is 0 Å². The van der Waals surface area contributed by atoms with Crippen molar-refractivity contribution in [1.29, 1.82) is 15.8 Å². The van der Waals surface area contributed by atoms with Gasteiger partial charge in [0.15, 0.2) is 0 Å². The Morgan fingerprint density at radius 2 is 1.32 bits per heavy atom. The fourth-order valence-electron chi connectivity index (χ4n) is 2.13. The van der Waals surface area contributed by atoms with Crippen LogP contribution in [0.25, 0.3) is 0 Å². The fourth-order valence-corrected chi connectivity index (χ4v) is 2.13. The van der Waals surface area contributed by atoms with Gasteiger partial charge in [-0.05, 0) is 13.3 Å². The second-order valence-corrected chi connectivity index (χ2v) is 6.69. The third kappa shape index (κ3) is 9.64. The zero-order valence-corrected chi connectivity index (χ0v) is 16.7. The maximum atomic E-state index is 12.8. The monoisotopic (exact) mass is 394 g/mol. The number of nitrogens with one attached hydrogen (secondary N) is 1. The topological polar surface area (TPSA) is 148 Å². The van der Waals surface area contributed by atoms with Crippen molar-refractivity contribution < 1.29 is 24.1 Å². The van der Waals surface area contributed by atoms with Crippen LogP contribution in [-0.4, -0.2) is 62.8 Å². The van der Waals surface area contributed by atoms with Crippen LogP contribution in [0.5, 0.6) is 0 Å². The Balaban J connectivity index is 5.38. The lowest BCUT2D eigenvalue weighted by Crippen LogP contribution is -2.61. The van der Waals surface area contributed by atoms with Crippen LogP contribution in [0.3, 0.4) is 0 Å². The zero-order chi connectivity index (χ0) is 21.3. The summed E-state index contributed by atoms with van der Waals surface area (Å²) < 4.78 is 16.6. The molecule has 0 heterocycles. The molecule has 0 saturated heterocycles. The maximum absolute atomic E-state index is 12.8. The largest absolute Gasteiger partial charge is 0.395 e. The first-order valence-corrected chi connectivity index (χ1v) is 9.21. The van der Waals surface area contributed by atoms with Gasteiger partial charge in [-0.1, -0.05) is 6.92 Å². The molecule has 0 aliphatic carbocycles. The molecule has 1 unspecified atom stereocenters. The summed E-state index contributed by atoms with van der Waals surface area (Å²) in [6, 6.07) is 5.93. The Morgan fingerprint density at radius 1 is 0.929 bits per heavy atom. The van der Waals surface area contributed by atoms with Crippen LogP contribution in [0.1, 0.15) is 39.5 Å². The third-order valence-electron chi connectivity index (χ3n) is 4.27. The molecule has 9 heteroatoms. The Kier molecular flexibility index (Phi) is 13.6. The molecule has 28 heavy (non-hydrogen) atoms. The van der Waals surface area contributed by atoms with E-state index in [0.29, 0.717) is 6.42 Å². The van der Waals surface area contributed by atoms with E-state index in [9.17, 15) is 9.90 Å². The average Bonchev–Trinajstić information content (AvgIpc) is 2.71. The van der Waals surface area contributed by atoms with Gasteiger partial charge in [-0.2, -0.15) is 15.8 Å². The summed E-state index contributed by atoms with van der Waals surface area (Å²) in [5.74, 6) is -0.380. The van der Waals surface area contributed by atoms with Crippen LogP contribution < -0.4 is 5.32 Å². The van der Waals surface area contributed by atoms with E-state index in [1.807, 2.05) is 18.2 Å². The first-order valence-electron chi connectivity index (χ1n) is 9.21. The van der Waals surface area contributed by atoms with Crippen molar-refractivity contribution in [2.75, 3.05) is 46.2 Å². The summed E-state index contributed by atoms with van der Waals surface area (Å²) >= 11 is 0. The number of nitriles is 3. The molecule has 0 spiro atoms. The van der Waals surface area contributed by atoms with E-state index in [1.54, 1.807) is 13.8 Å². The van der Waals surface area contributed by atoms with Gasteiger partial charge in [-0.3, -0.25) is 4.79 Å². The van der Waals surface area contributed by atoms with Crippen LogP contribution in [-0.2, 0) is 19.0 Å². The van der Waals surface area contributed by atoms with Crippen LogP contribution >= 0.6 is 0 Å². The third-order valence-corrected chi connectivity index (χ3v) is 4.27. The van der Waals surface area contributed by atoms with Gasteiger partial charge in [0.1, 0.15) is 5.54 Å². The summed E-state index contributed by atoms with van der Waals surface area (Å²) in [5, 5.41) is 38.5. The molecule has 1 amide bonds. The first kappa shape index (κ1) is 25.8. The van der Waals surface area contributed by atoms with E-state index in [-0.39, 0.29) is 71.4 Å². The molecule has 0 aliphatic heterocycles. The highest BCUT2D eigenvalue weighted by Crippen LogP contribution is 2.22. The molecule has 1 atom stereocenters. The summed E-state index contributed by atoms with van der Waals surface area (Å²) in [4.78, 5) is 12.8. The van der Waals surface area contributed by atoms with E-state index in [4.69, 9.17) is 30.0 Å². The molecule has 0 rings (SSSR count). The lowest BCUT2D eigenvalue weighted by Gasteiger charge is -2.37. The van der Waals surface area contributed by atoms with E-state index in [1.165, 1.54) is 0 Å². The molecule has 2 N–H and O–H groups in total. The van der Waals surface area contributed by atoms with Crippen LogP contribution in [0, 0.1) is 39.4 Å². The van der Waals surface area contributed by atoms with E-state index in [2.05, 4.69) is 5.32 Å². The highest BCUT2D eigenvalue weighted by Gasteiger charge is 2.39. The van der Waals surface area contributed by atoms with Crippen LogP contribution in [0.4, 0.5) is 0 Å². The van der Waals surface area contributed by atoms with Gasteiger partial charge in [-0.15, -0.1) is 0 Å². The molecule has 0 saturated carbocycles. The molecule has 9 nitrogen and oxygen atoms in total. The van der Waals surface area contributed by atoms with Crippen molar-refractivity contribution in [2.24, 2.45) is 5.41 Å². The second kappa shape index (κ2) is 14.8. The molecule has 0 aromatic rings. The first-order chi connectivity index (χ1) is 13.4. The molecular formula is C19H30N4O5. The van der Waals surface area contributed by atoms with Gasteiger partial charge in [-0.25, -0.2) is 0 Å². The molecule has 0 bridgehead atoms. The lowest BCUT2D eigenvalue weighted by molar-refractivity contribution is -0.139. The van der Waals surface area contributed by atoms with Crippen molar-refractivity contribution in [1.82, 2.24) is 5.32 Å². The number of carbonyl (C=O) groups is 1. The number of hydrogen-bond acceptors (Lipinski definition) is 8. The van der Waals surface area contributed by atoms with Crippen molar-refractivity contribution in [3.05, 3.63) is 0 Å². The normalized spacial score (nSPS) is 13.0. The van der Waals surface area contributed by atoms with E-state index < -0.39 is 11.0 Å². The second-order valence-electron chi connectivity index (χ2n) is 6.69. The smallest absolute Gasteiger partial charge is 0.228 e. The summed E-state index contributed by atoms with van der Waals surface area (Å²) in [5.41, 5.74) is -2.07. The Morgan fingerprint density at radius 3 is 1.61 bits per heavy atom. The highest BCUT2D eigenvalue weighted by molar-refractivity contribution is 5.83. The standard InChI is InChI=1S/C19H30N4O5/c1-3-18(2,13-24)17(25)23-19(14-26-10-4-7-20,15-27-11-5-8-21)16-28-12-6-9-22/h24H,3-6,10-16H2,1-2H3,(H,23,25). The van der Waals surface area contributed by atoms with Gasteiger partial charge < -0.3 is 24.6 Å². The van der Waals surface area contributed by atoms with Crippen molar-refractivity contribution in [2.45, 2.75) is 45.1 Å². The van der Waals surface area contributed by atoms with E-state index >= 15 is 0 Å². The number of carbonyl (C=O) groups excluding carboxylic acids is 1. The van der Waals surface area contributed by atoms with Gasteiger partial charge in [0.05, 0.1) is 89.1 Å². The highest BCUT2D eigenvalue weighted by atomic mass is 16.5. The molecular weight excluding hydrogens is 364 g/mol. The summed E-state index contributed by atoms with van der Waals surface area (Å²) in [6.45, 7) is 3.71. The molecule has 0 aromatic carbocycles. The summed E-state index contributed by atoms with van der Waals surface area (Å²) in [7, 11) is 0. The van der Waals surface area contributed by atoms with Crippen molar-refractivity contribution in [3.8, 4) is 18.2 Å². The number of aliphatic hydroxyl groups is 1. The lowest BCUT2D eigenvalue weighted by atomic mass is 9.86. The molecule has 0 radical (unpaired) electrons. The number of hydrogen-bond donors (Lipinski definition) is 2. The Labute approximate surface area is 166 Å². The Hall–Kier alpha value is -2.22. The SMILES string of the molecule is CCC(C)(CO)C(=O)NC(COCCC#N)(COCCC#N)COCCC#N. The summed E-state index contributed by atoms with van der Waals surface area (Å²) in [6.07, 6.45) is 0.999. The van der Waals surface area contributed by atoms with Crippen LogP contribution in [0.2, 0.25) is 0 Å².